The largest absolute Gasteiger partial charge is 0.468 e. The van der Waals surface area contributed by atoms with Crippen molar-refractivity contribution in [2.75, 3.05) is 51.8 Å². The van der Waals surface area contributed by atoms with Crippen LogP contribution in [0.15, 0.2) is 0 Å². The van der Waals surface area contributed by atoms with Crippen LogP contribution < -0.4 is 0 Å². The van der Waals surface area contributed by atoms with Gasteiger partial charge in [-0.15, -0.1) is 0 Å². The van der Waals surface area contributed by atoms with Gasteiger partial charge in [0.25, 0.3) is 0 Å². The fourth-order valence-electron chi connectivity index (χ4n) is 4.01. The molecule has 1 atom stereocenters. The van der Waals surface area contributed by atoms with Crippen LogP contribution in [0.4, 0.5) is 0 Å². The molecule has 0 spiro atoms. The van der Waals surface area contributed by atoms with E-state index >= 15 is 0 Å². The van der Waals surface area contributed by atoms with Gasteiger partial charge in [0.2, 0.25) is 0 Å². The molecule has 23 heavy (non-hydrogen) atoms. The monoisotopic (exact) mass is 342 g/mol. The molecule has 1 unspecified atom stereocenters. The minimum Gasteiger partial charge on any atom is -0.468 e. The maximum absolute atomic E-state index is 11.8. The van der Waals surface area contributed by atoms with Gasteiger partial charge in [-0.1, -0.05) is 13.8 Å². The minimum absolute atomic E-state index is 0.0938. The van der Waals surface area contributed by atoms with Crippen molar-refractivity contribution in [1.82, 2.24) is 9.80 Å². The molecule has 2 rings (SSSR count). The number of carbonyl (C=O) groups is 1. The van der Waals surface area contributed by atoms with Crippen LogP contribution in [-0.2, 0) is 9.53 Å². The van der Waals surface area contributed by atoms with E-state index in [1.54, 1.807) is 0 Å². The molecule has 0 amide bonds. The molecule has 4 nitrogen and oxygen atoms in total. The summed E-state index contributed by atoms with van der Waals surface area (Å²) in [7, 11) is 1.50. The number of carbonyl (C=O) groups excluding carboxylic acids is 1. The van der Waals surface area contributed by atoms with Gasteiger partial charge in [0.1, 0.15) is 0 Å². The summed E-state index contributed by atoms with van der Waals surface area (Å²) in [5.41, 5.74) is 0.497. The second-order valence-corrected chi connectivity index (χ2v) is 8.89. The highest BCUT2D eigenvalue weighted by Gasteiger charge is 2.37. The summed E-state index contributed by atoms with van der Waals surface area (Å²) in [5, 5.41) is 0. The molecular formula is C18H34N2O2S. The number of nitrogens with zero attached hydrogens (tertiary/aromatic N) is 2. The molecule has 1 aliphatic carbocycles. The number of piperazine rings is 1. The summed E-state index contributed by atoms with van der Waals surface area (Å²) in [5.74, 6) is 1.83. The summed E-state index contributed by atoms with van der Waals surface area (Å²) in [4.78, 5) is 16.8. The van der Waals surface area contributed by atoms with Crippen LogP contribution in [0.3, 0.4) is 0 Å². The Morgan fingerprint density at radius 2 is 1.96 bits per heavy atom. The van der Waals surface area contributed by atoms with Crippen LogP contribution in [-0.4, -0.2) is 73.7 Å². The highest BCUT2D eigenvalue weighted by molar-refractivity contribution is 7.98. The van der Waals surface area contributed by atoms with Crippen molar-refractivity contribution in [2.45, 2.75) is 45.6 Å². The van der Waals surface area contributed by atoms with Crippen molar-refractivity contribution in [3.63, 3.8) is 0 Å². The topological polar surface area (TPSA) is 32.8 Å². The Kier molecular flexibility index (Phi) is 7.23. The molecule has 2 aliphatic rings. The summed E-state index contributed by atoms with van der Waals surface area (Å²) in [6.07, 6.45) is 7.39. The molecule has 1 heterocycles. The molecule has 0 N–H and O–H groups in total. The summed E-state index contributed by atoms with van der Waals surface area (Å²) < 4.78 is 4.92. The van der Waals surface area contributed by atoms with Crippen LogP contribution >= 0.6 is 11.8 Å². The van der Waals surface area contributed by atoms with E-state index < -0.39 is 0 Å². The first-order chi connectivity index (χ1) is 10.9. The van der Waals surface area contributed by atoms with Crippen LogP contribution in [0.25, 0.3) is 0 Å². The van der Waals surface area contributed by atoms with Crippen LogP contribution in [0.2, 0.25) is 0 Å². The Morgan fingerprint density at radius 3 is 2.57 bits per heavy atom. The zero-order chi connectivity index (χ0) is 16.9. The fraction of sp³-hybridized carbons (Fsp3) is 0.944. The van der Waals surface area contributed by atoms with Gasteiger partial charge in [-0.25, -0.2) is 0 Å². The molecule has 0 bridgehead atoms. The van der Waals surface area contributed by atoms with E-state index in [2.05, 4.69) is 29.9 Å². The van der Waals surface area contributed by atoms with Crippen molar-refractivity contribution in [3.8, 4) is 0 Å². The molecule has 2 fully saturated rings. The van der Waals surface area contributed by atoms with Gasteiger partial charge < -0.3 is 4.74 Å². The van der Waals surface area contributed by atoms with E-state index in [1.165, 1.54) is 45.1 Å². The highest BCUT2D eigenvalue weighted by Crippen LogP contribution is 2.40. The van der Waals surface area contributed by atoms with E-state index in [1.807, 2.05) is 11.8 Å². The zero-order valence-corrected chi connectivity index (χ0v) is 16.2. The number of ether oxygens (including phenoxy) is 1. The lowest BCUT2D eigenvalue weighted by atomic mass is 9.70. The molecule has 134 valence electrons. The van der Waals surface area contributed by atoms with Crippen molar-refractivity contribution >= 4 is 17.7 Å². The normalized spacial score (nSPS) is 27.0. The Balaban J connectivity index is 1.99. The Labute approximate surface area is 146 Å². The SMILES string of the molecule is COC(=O)CN1CCN(CCSC)CC1C1CCC(C)(C)CC1. The lowest BCUT2D eigenvalue weighted by Gasteiger charge is -2.47. The molecule has 1 saturated heterocycles. The third-order valence-corrected chi connectivity index (χ3v) is 6.31. The third kappa shape index (κ3) is 5.64. The number of methoxy groups -OCH3 is 1. The predicted octanol–water partition coefficient (Wildman–Crippen LogP) is 2.73. The maximum Gasteiger partial charge on any atom is 0.319 e. The van der Waals surface area contributed by atoms with Crippen molar-refractivity contribution in [3.05, 3.63) is 0 Å². The zero-order valence-electron chi connectivity index (χ0n) is 15.3. The van der Waals surface area contributed by atoms with Gasteiger partial charge >= 0.3 is 5.97 Å². The first-order valence-electron chi connectivity index (χ1n) is 8.97. The van der Waals surface area contributed by atoms with Crippen molar-refractivity contribution < 1.29 is 9.53 Å². The van der Waals surface area contributed by atoms with E-state index in [0.717, 1.165) is 25.6 Å². The number of rotatable bonds is 6. The standard InChI is InChI=1S/C18H34N2O2S/c1-18(2)7-5-15(6-8-18)16-13-19(11-12-23-4)9-10-20(16)14-17(21)22-3/h15-16H,5-14H2,1-4H3. The molecule has 0 aromatic rings. The van der Waals surface area contributed by atoms with Crippen LogP contribution in [0.5, 0.6) is 0 Å². The second kappa shape index (κ2) is 8.72. The van der Waals surface area contributed by atoms with Crippen molar-refractivity contribution in [1.29, 1.82) is 0 Å². The molecule has 1 saturated carbocycles. The highest BCUT2D eigenvalue weighted by atomic mass is 32.2. The van der Waals surface area contributed by atoms with Gasteiger partial charge in [-0.2, -0.15) is 11.8 Å². The van der Waals surface area contributed by atoms with E-state index in [-0.39, 0.29) is 5.97 Å². The van der Waals surface area contributed by atoms with Gasteiger partial charge in [0.05, 0.1) is 13.7 Å². The quantitative estimate of drug-likeness (QED) is 0.693. The Hall–Kier alpha value is -0.260. The van der Waals surface area contributed by atoms with Gasteiger partial charge in [0.15, 0.2) is 0 Å². The van der Waals surface area contributed by atoms with Crippen LogP contribution in [0, 0.1) is 11.3 Å². The third-order valence-electron chi connectivity index (χ3n) is 5.72. The van der Waals surface area contributed by atoms with Gasteiger partial charge in [-0.05, 0) is 43.3 Å². The van der Waals surface area contributed by atoms with Gasteiger partial charge in [0, 0.05) is 38.0 Å². The number of esters is 1. The predicted molar refractivity (Wildman–Crippen MR) is 97.9 cm³/mol. The lowest BCUT2D eigenvalue weighted by molar-refractivity contribution is -0.144. The molecule has 0 radical (unpaired) electrons. The molecular weight excluding hydrogens is 308 g/mol. The molecule has 1 aliphatic heterocycles. The molecule has 0 aromatic heterocycles. The fourth-order valence-corrected chi connectivity index (χ4v) is 4.45. The van der Waals surface area contributed by atoms with E-state index in [9.17, 15) is 4.79 Å². The maximum atomic E-state index is 11.8. The number of thioether (sulfide) groups is 1. The average Bonchev–Trinajstić information content (AvgIpc) is 2.54. The Bertz CT molecular complexity index is 379. The summed E-state index contributed by atoms with van der Waals surface area (Å²) in [6.45, 7) is 9.59. The van der Waals surface area contributed by atoms with E-state index in [0.29, 0.717) is 18.0 Å². The summed E-state index contributed by atoms with van der Waals surface area (Å²) in [6, 6.07) is 0.515. The van der Waals surface area contributed by atoms with Crippen LogP contribution in [0.1, 0.15) is 39.5 Å². The summed E-state index contributed by atoms with van der Waals surface area (Å²) >= 11 is 1.92. The Morgan fingerprint density at radius 1 is 1.26 bits per heavy atom. The van der Waals surface area contributed by atoms with E-state index in [4.69, 9.17) is 4.74 Å². The van der Waals surface area contributed by atoms with Crippen molar-refractivity contribution in [2.24, 2.45) is 11.3 Å². The number of hydrogen-bond acceptors (Lipinski definition) is 5. The smallest absolute Gasteiger partial charge is 0.319 e. The second-order valence-electron chi connectivity index (χ2n) is 7.91. The van der Waals surface area contributed by atoms with Gasteiger partial charge in [-0.3, -0.25) is 14.6 Å². The molecule has 0 aromatic carbocycles. The lowest BCUT2D eigenvalue weighted by Crippen LogP contribution is -2.58. The number of hydrogen-bond donors (Lipinski definition) is 0. The first kappa shape index (κ1) is 19.1. The first-order valence-corrected chi connectivity index (χ1v) is 10.4. The molecule has 5 heteroatoms. The minimum atomic E-state index is -0.0938. The average molecular weight is 343 g/mol.